The summed E-state index contributed by atoms with van der Waals surface area (Å²) >= 11 is 0. The number of hydrogen-bond donors (Lipinski definition) is 0. The van der Waals surface area contributed by atoms with Crippen molar-refractivity contribution in [2.45, 2.75) is 65.8 Å². The van der Waals surface area contributed by atoms with E-state index in [0.717, 1.165) is 12.8 Å². The predicted octanol–water partition coefficient (Wildman–Crippen LogP) is 3.18. The monoisotopic (exact) mass is 341 g/mol. The molecular weight excluding hydrogens is 310 g/mol. The second-order valence-corrected chi connectivity index (χ2v) is 7.59. The summed E-state index contributed by atoms with van der Waals surface area (Å²) in [5, 5.41) is 0. The van der Waals surface area contributed by atoms with Crippen LogP contribution in [0.2, 0.25) is 0 Å². The van der Waals surface area contributed by atoms with E-state index in [1.807, 2.05) is 0 Å². The number of carbonyl (C=O) groups is 3. The molecule has 1 aliphatic heterocycles. The van der Waals surface area contributed by atoms with Crippen LogP contribution in [0.1, 0.15) is 59.8 Å². The molecule has 1 fully saturated rings. The van der Waals surface area contributed by atoms with Crippen LogP contribution in [0.25, 0.3) is 0 Å². The molecule has 0 unspecified atom stereocenters. The fourth-order valence-corrected chi connectivity index (χ4v) is 3.07. The molecule has 24 heavy (non-hydrogen) atoms. The van der Waals surface area contributed by atoms with Crippen LogP contribution in [0.15, 0.2) is 0 Å². The van der Waals surface area contributed by atoms with E-state index in [1.54, 1.807) is 11.8 Å². The number of methoxy groups -OCH3 is 1. The summed E-state index contributed by atoms with van der Waals surface area (Å²) in [5.41, 5.74) is 0.156. The molecule has 1 amide bonds. The summed E-state index contributed by atoms with van der Waals surface area (Å²) in [6.45, 7) is 8.95. The smallest absolute Gasteiger partial charge is 0.409 e. The lowest BCUT2D eigenvalue weighted by Gasteiger charge is -2.39. The fraction of sp³-hybridized carbons (Fsp3) is 0.833. The minimum Gasteiger partial charge on any atom is -0.466 e. The van der Waals surface area contributed by atoms with Gasteiger partial charge in [0.2, 0.25) is 0 Å². The maximum absolute atomic E-state index is 12.3. The molecule has 0 saturated carbocycles. The molecule has 0 N–H and O–H groups in total. The molecule has 0 aromatic rings. The number of ketones is 1. The predicted molar refractivity (Wildman–Crippen MR) is 90.6 cm³/mol. The van der Waals surface area contributed by atoms with Crippen molar-refractivity contribution in [3.8, 4) is 0 Å². The van der Waals surface area contributed by atoms with Gasteiger partial charge in [-0.2, -0.15) is 0 Å². The van der Waals surface area contributed by atoms with Gasteiger partial charge in [-0.05, 0) is 38.0 Å². The van der Waals surface area contributed by atoms with Crippen LogP contribution in [0.5, 0.6) is 0 Å². The van der Waals surface area contributed by atoms with Gasteiger partial charge in [0.15, 0.2) is 0 Å². The van der Waals surface area contributed by atoms with E-state index in [4.69, 9.17) is 9.47 Å². The Bertz CT molecular complexity index is 455. The summed E-state index contributed by atoms with van der Waals surface area (Å²) in [6, 6.07) is -0.0263. The summed E-state index contributed by atoms with van der Waals surface area (Å²) in [5.74, 6) is -0.747. The molecule has 1 saturated heterocycles. The summed E-state index contributed by atoms with van der Waals surface area (Å²) in [7, 11) is 1.38. The Balaban J connectivity index is 2.71. The van der Waals surface area contributed by atoms with E-state index in [-0.39, 0.29) is 42.3 Å². The topological polar surface area (TPSA) is 72.9 Å². The number of ether oxygens (including phenoxy) is 2. The molecule has 0 aromatic carbocycles. The first-order chi connectivity index (χ1) is 11.2. The van der Waals surface area contributed by atoms with Crippen LogP contribution in [-0.2, 0) is 19.1 Å². The number of rotatable bonds is 6. The van der Waals surface area contributed by atoms with Crippen molar-refractivity contribution in [3.05, 3.63) is 0 Å². The molecule has 1 heterocycles. The minimum absolute atomic E-state index is 0.0263. The lowest BCUT2D eigenvalue weighted by Crippen LogP contribution is -2.48. The third-order valence-electron chi connectivity index (χ3n) is 4.43. The first-order valence-corrected chi connectivity index (χ1v) is 8.71. The van der Waals surface area contributed by atoms with Crippen LogP contribution >= 0.6 is 0 Å². The number of piperidine rings is 1. The molecule has 1 aliphatic rings. The molecule has 6 nitrogen and oxygen atoms in total. The van der Waals surface area contributed by atoms with Gasteiger partial charge in [-0.25, -0.2) is 4.79 Å². The standard InChI is InChI=1S/C18H31NO5/c1-6-24-16(21)12-15(20)13-8-10-19(17(22)23-5)14(11-13)7-9-18(2,3)4/h13-14H,6-12H2,1-5H3/t13-,14+/m0/s1. The highest BCUT2D eigenvalue weighted by Crippen LogP contribution is 2.31. The van der Waals surface area contributed by atoms with Gasteiger partial charge in [0.25, 0.3) is 0 Å². The quantitative estimate of drug-likeness (QED) is 0.548. The van der Waals surface area contributed by atoms with Gasteiger partial charge in [-0.3, -0.25) is 9.59 Å². The highest BCUT2D eigenvalue weighted by Gasteiger charge is 2.36. The average Bonchev–Trinajstić information content (AvgIpc) is 2.51. The van der Waals surface area contributed by atoms with Crippen molar-refractivity contribution >= 4 is 17.8 Å². The van der Waals surface area contributed by atoms with Gasteiger partial charge < -0.3 is 14.4 Å². The van der Waals surface area contributed by atoms with Gasteiger partial charge in [0.05, 0.1) is 13.7 Å². The van der Waals surface area contributed by atoms with Gasteiger partial charge in [-0.1, -0.05) is 20.8 Å². The number of likely N-dealkylation sites (tertiary alicyclic amines) is 1. The zero-order chi connectivity index (χ0) is 18.3. The van der Waals surface area contributed by atoms with E-state index in [1.165, 1.54) is 7.11 Å². The fourth-order valence-electron chi connectivity index (χ4n) is 3.07. The van der Waals surface area contributed by atoms with Crippen LogP contribution in [0, 0.1) is 11.3 Å². The second kappa shape index (κ2) is 9.04. The minimum atomic E-state index is -0.468. The third-order valence-corrected chi connectivity index (χ3v) is 4.43. The molecule has 0 radical (unpaired) electrons. The molecule has 138 valence electrons. The Morgan fingerprint density at radius 3 is 2.42 bits per heavy atom. The number of hydrogen-bond acceptors (Lipinski definition) is 5. The van der Waals surface area contributed by atoms with E-state index >= 15 is 0 Å². The van der Waals surface area contributed by atoms with Gasteiger partial charge in [-0.15, -0.1) is 0 Å². The summed E-state index contributed by atoms with van der Waals surface area (Å²) in [6.07, 6.45) is 2.40. The molecule has 2 atom stereocenters. The van der Waals surface area contributed by atoms with Gasteiger partial charge >= 0.3 is 12.1 Å². The van der Waals surface area contributed by atoms with E-state index < -0.39 is 5.97 Å². The first kappa shape index (κ1) is 20.5. The summed E-state index contributed by atoms with van der Waals surface area (Å²) in [4.78, 5) is 37.6. The van der Waals surface area contributed by atoms with Crippen molar-refractivity contribution in [2.75, 3.05) is 20.3 Å². The zero-order valence-corrected chi connectivity index (χ0v) is 15.6. The molecule has 0 spiro atoms. The Kier molecular flexibility index (Phi) is 7.70. The van der Waals surface area contributed by atoms with Crippen LogP contribution in [-0.4, -0.2) is 49.0 Å². The largest absolute Gasteiger partial charge is 0.466 e. The maximum Gasteiger partial charge on any atom is 0.409 e. The maximum atomic E-state index is 12.3. The third kappa shape index (κ3) is 6.49. The number of carbonyl (C=O) groups excluding carboxylic acids is 3. The normalized spacial score (nSPS) is 21.3. The highest BCUT2D eigenvalue weighted by atomic mass is 16.5. The van der Waals surface area contributed by atoms with E-state index in [9.17, 15) is 14.4 Å². The Hall–Kier alpha value is -1.59. The van der Waals surface area contributed by atoms with Crippen LogP contribution in [0.3, 0.4) is 0 Å². The highest BCUT2D eigenvalue weighted by molar-refractivity contribution is 5.96. The molecule has 6 heteroatoms. The number of amides is 1. The first-order valence-electron chi connectivity index (χ1n) is 8.71. The Morgan fingerprint density at radius 2 is 1.88 bits per heavy atom. The lowest BCUT2D eigenvalue weighted by molar-refractivity contribution is -0.146. The van der Waals surface area contributed by atoms with Gasteiger partial charge in [0, 0.05) is 18.5 Å². The van der Waals surface area contributed by atoms with Crippen LogP contribution < -0.4 is 0 Å². The van der Waals surface area contributed by atoms with Crippen LogP contribution in [0.4, 0.5) is 4.79 Å². The van der Waals surface area contributed by atoms with E-state index in [2.05, 4.69) is 20.8 Å². The Morgan fingerprint density at radius 1 is 1.21 bits per heavy atom. The number of Topliss-reactive ketones (excluding diaryl/α,β-unsaturated/α-hetero) is 1. The SMILES string of the molecule is CCOC(=O)CC(=O)[C@H]1CCN(C(=O)OC)[C@H](CCC(C)(C)C)C1. The zero-order valence-electron chi connectivity index (χ0n) is 15.6. The number of esters is 1. The lowest BCUT2D eigenvalue weighted by atomic mass is 9.81. The molecule has 1 rings (SSSR count). The molecule has 0 bridgehead atoms. The van der Waals surface area contributed by atoms with Crippen molar-refractivity contribution in [2.24, 2.45) is 11.3 Å². The van der Waals surface area contributed by atoms with Crippen molar-refractivity contribution in [1.29, 1.82) is 0 Å². The van der Waals surface area contributed by atoms with Crippen molar-refractivity contribution < 1.29 is 23.9 Å². The molecular formula is C18H31NO5. The Labute approximate surface area is 144 Å². The van der Waals surface area contributed by atoms with Crippen molar-refractivity contribution in [3.63, 3.8) is 0 Å². The average molecular weight is 341 g/mol. The molecule has 0 aliphatic carbocycles. The summed E-state index contributed by atoms with van der Waals surface area (Å²) < 4.78 is 9.73. The number of nitrogens with zero attached hydrogens (tertiary/aromatic N) is 1. The van der Waals surface area contributed by atoms with Gasteiger partial charge in [0.1, 0.15) is 12.2 Å². The molecule has 0 aromatic heterocycles. The van der Waals surface area contributed by atoms with Crippen molar-refractivity contribution in [1.82, 2.24) is 4.90 Å². The second-order valence-electron chi connectivity index (χ2n) is 7.59. The van der Waals surface area contributed by atoms with E-state index in [0.29, 0.717) is 19.4 Å².